The van der Waals surface area contributed by atoms with E-state index in [1.807, 2.05) is 0 Å². The lowest BCUT2D eigenvalue weighted by atomic mass is 10.6. The van der Waals surface area contributed by atoms with Crippen molar-refractivity contribution >= 4 is 15.0 Å². The molecule has 5 nitrogen and oxygen atoms in total. The molecule has 0 rings (SSSR count). The first kappa shape index (κ1) is 11.3. The van der Waals surface area contributed by atoms with E-state index in [4.69, 9.17) is 14.7 Å². The van der Waals surface area contributed by atoms with Crippen LogP contribution in [0, 0.1) is 0 Å². The summed E-state index contributed by atoms with van der Waals surface area (Å²) in [5, 5.41) is 0. The van der Waals surface area contributed by atoms with Crippen LogP contribution in [0.4, 0.5) is 0 Å². The van der Waals surface area contributed by atoms with Gasteiger partial charge in [0.1, 0.15) is 5.90 Å². The Kier molecular flexibility index (Phi) is 3.48. The van der Waals surface area contributed by atoms with E-state index in [0.29, 0.717) is 0 Å². The van der Waals surface area contributed by atoms with E-state index < -0.39 is 26.5 Å². The van der Waals surface area contributed by atoms with Crippen LogP contribution in [0.3, 0.4) is 0 Å². The highest BCUT2D eigenvalue weighted by Gasteiger charge is 2.32. The van der Waals surface area contributed by atoms with Crippen LogP contribution in [0.2, 0.25) is 0 Å². The maximum Gasteiger partial charge on any atom is 0.335 e. The second-order valence-corrected chi connectivity index (χ2v) is 7.66. The summed E-state index contributed by atoms with van der Waals surface area (Å²) >= 11 is 0. The van der Waals surface area contributed by atoms with Crippen molar-refractivity contribution in [3.05, 3.63) is 0 Å². The summed E-state index contributed by atoms with van der Waals surface area (Å²) in [6.07, 6.45) is 0. The third-order valence-electron chi connectivity index (χ3n) is 1.19. The lowest BCUT2D eigenvalue weighted by Gasteiger charge is -2.15. The molecular weight excluding hydrogens is 190 g/mol. The van der Waals surface area contributed by atoms with Crippen LogP contribution in [-0.2, 0) is 9.13 Å². The molecule has 0 heterocycles. The lowest BCUT2D eigenvalue weighted by molar-refractivity contribution is 0.375. The SMILES string of the molecule is CC(C)P(=O)(O)CP(=O)(O)O. The van der Waals surface area contributed by atoms with E-state index >= 15 is 0 Å². The zero-order valence-electron chi connectivity index (χ0n) is 6.34. The molecule has 11 heavy (non-hydrogen) atoms. The Morgan fingerprint density at radius 2 is 1.55 bits per heavy atom. The van der Waals surface area contributed by atoms with Gasteiger partial charge >= 0.3 is 7.60 Å². The fourth-order valence-corrected chi connectivity index (χ4v) is 3.85. The van der Waals surface area contributed by atoms with Gasteiger partial charge in [-0.15, -0.1) is 0 Å². The van der Waals surface area contributed by atoms with Crippen LogP contribution in [0.1, 0.15) is 13.8 Å². The van der Waals surface area contributed by atoms with Gasteiger partial charge in [0.15, 0.2) is 0 Å². The van der Waals surface area contributed by atoms with Crippen LogP contribution < -0.4 is 0 Å². The minimum atomic E-state index is -4.35. The molecule has 1 atom stereocenters. The zero-order chi connectivity index (χ0) is 9.28. The fourth-order valence-electron chi connectivity index (χ4n) is 0.427. The van der Waals surface area contributed by atoms with Gasteiger partial charge in [-0.05, 0) is 0 Å². The molecular formula is C4H12O5P2. The molecule has 0 saturated carbocycles. The summed E-state index contributed by atoms with van der Waals surface area (Å²) in [5.41, 5.74) is -0.602. The molecule has 0 aliphatic heterocycles. The quantitative estimate of drug-likeness (QED) is 0.588. The third kappa shape index (κ3) is 4.72. The molecule has 0 saturated heterocycles. The minimum Gasteiger partial charge on any atom is -0.344 e. The summed E-state index contributed by atoms with van der Waals surface area (Å²) in [7, 11) is -8.00. The maximum absolute atomic E-state index is 11.0. The molecule has 7 heteroatoms. The van der Waals surface area contributed by atoms with Crippen molar-refractivity contribution in [2.75, 3.05) is 5.90 Å². The van der Waals surface area contributed by atoms with Gasteiger partial charge in [0.05, 0.1) is 0 Å². The topological polar surface area (TPSA) is 94.8 Å². The highest BCUT2D eigenvalue weighted by molar-refractivity contribution is 7.73. The van der Waals surface area contributed by atoms with Crippen LogP contribution in [0.5, 0.6) is 0 Å². The van der Waals surface area contributed by atoms with Crippen LogP contribution in [0.15, 0.2) is 0 Å². The van der Waals surface area contributed by atoms with E-state index in [9.17, 15) is 9.13 Å². The maximum atomic E-state index is 11.0. The van der Waals surface area contributed by atoms with Gasteiger partial charge in [0.25, 0.3) is 0 Å². The Labute approximate surface area is 65.1 Å². The molecule has 0 amide bonds. The highest BCUT2D eigenvalue weighted by Crippen LogP contribution is 2.57. The molecule has 1 unspecified atom stereocenters. The van der Waals surface area contributed by atoms with Crippen LogP contribution in [-0.4, -0.2) is 26.2 Å². The smallest absolute Gasteiger partial charge is 0.335 e. The second-order valence-electron chi connectivity index (χ2n) is 2.66. The fraction of sp³-hybridized carbons (Fsp3) is 1.00. The van der Waals surface area contributed by atoms with Crippen molar-refractivity contribution in [2.24, 2.45) is 0 Å². The van der Waals surface area contributed by atoms with E-state index in [-0.39, 0.29) is 0 Å². The standard InChI is InChI=1S/C4H12O5P2/c1-4(2)10(5,6)3-11(7,8)9/h4H,3H2,1-2H3,(H,5,6)(H2,7,8,9). The predicted molar refractivity (Wildman–Crippen MR) is 41.9 cm³/mol. The first-order valence-corrected chi connectivity index (χ1v) is 6.72. The molecule has 0 aromatic rings. The summed E-state index contributed by atoms with van der Waals surface area (Å²) in [6, 6.07) is 0. The molecule has 0 aliphatic rings. The monoisotopic (exact) mass is 202 g/mol. The van der Waals surface area contributed by atoms with Gasteiger partial charge in [-0.25, -0.2) is 0 Å². The molecule has 0 spiro atoms. The molecule has 0 bridgehead atoms. The molecule has 3 N–H and O–H groups in total. The zero-order valence-corrected chi connectivity index (χ0v) is 8.13. The van der Waals surface area contributed by atoms with Crippen molar-refractivity contribution < 1.29 is 23.8 Å². The average Bonchev–Trinajstić information content (AvgIpc) is 1.56. The normalized spacial score (nSPS) is 18.4. The Hall–Kier alpha value is 0.340. The molecule has 0 aliphatic carbocycles. The van der Waals surface area contributed by atoms with Gasteiger partial charge in [0, 0.05) is 5.66 Å². The Morgan fingerprint density at radius 1 is 1.18 bits per heavy atom. The van der Waals surface area contributed by atoms with Crippen molar-refractivity contribution in [1.82, 2.24) is 0 Å². The summed E-state index contributed by atoms with van der Waals surface area (Å²) < 4.78 is 21.3. The molecule has 0 radical (unpaired) electrons. The molecule has 0 fully saturated rings. The van der Waals surface area contributed by atoms with E-state index in [2.05, 4.69) is 0 Å². The Morgan fingerprint density at radius 3 is 1.64 bits per heavy atom. The van der Waals surface area contributed by atoms with Gasteiger partial charge in [-0.2, -0.15) is 0 Å². The van der Waals surface area contributed by atoms with Gasteiger partial charge in [-0.1, -0.05) is 13.8 Å². The van der Waals surface area contributed by atoms with Crippen LogP contribution in [0.25, 0.3) is 0 Å². The van der Waals surface area contributed by atoms with Gasteiger partial charge in [0.2, 0.25) is 7.37 Å². The first-order chi connectivity index (χ1) is 4.65. The number of hydrogen-bond donors (Lipinski definition) is 3. The summed E-state index contributed by atoms with van der Waals surface area (Å²) in [5.74, 6) is -0.919. The molecule has 68 valence electrons. The van der Waals surface area contributed by atoms with Crippen molar-refractivity contribution in [3.8, 4) is 0 Å². The third-order valence-corrected chi connectivity index (χ3v) is 5.90. The molecule has 0 aromatic carbocycles. The number of hydrogen-bond acceptors (Lipinski definition) is 2. The Bertz CT molecular complexity index is 217. The van der Waals surface area contributed by atoms with E-state index in [1.54, 1.807) is 0 Å². The van der Waals surface area contributed by atoms with Gasteiger partial charge in [-0.3, -0.25) is 9.13 Å². The van der Waals surface area contributed by atoms with Gasteiger partial charge < -0.3 is 14.7 Å². The largest absolute Gasteiger partial charge is 0.344 e. The lowest BCUT2D eigenvalue weighted by Crippen LogP contribution is -2.01. The number of rotatable bonds is 3. The van der Waals surface area contributed by atoms with Crippen molar-refractivity contribution in [3.63, 3.8) is 0 Å². The predicted octanol–water partition coefficient (Wildman–Crippen LogP) is 0.800. The van der Waals surface area contributed by atoms with Crippen LogP contribution >= 0.6 is 15.0 Å². The van der Waals surface area contributed by atoms with Crippen molar-refractivity contribution in [2.45, 2.75) is 19.5 Å². The average molecular weight is 202 g/mol. The van der Waals surface area contributed by atoms with Crippen molar-refractivity contribution in [1.29, 1.82) is 0 Å². The minimum absolute atomic E-state index is 0.602. The van der Waals surface area contributed by atoms with E-state index in [1.165, 1.54) is 13.8 Å². The Balaban J connectivity index is 4.39. The highest BCUT2D eigenvalue weighted by atomic mass is 31.2. The molecule has 0 aromatic heterocycles. The first-order valence-electron chi connectivity index (χ1n) is 3.01. The summed E-state index contributed by atoms with van der Waals surface area (Å²) in [4.78, 5) is 25.8. The summed E-state index contributed by atoms with van der Waals surface area (Å²) in [6.45, 7) is 2.91. The second kappa shape index (κ2) is 3.38. The van der Waals surface area contributed by atoms with E-state index in [0.717, 1.165) is 0 Å².